The van der Waals surface area contributed by atoms with Gasteiger partial charge in [-0.3, -0.25) is 0 Å². The van der Waals surface area contributed by atoms with Crippen molar-refractivity contribution in [2.45, 2.75) is 66.7 Å². The summed E-state index contributed by atoms with van der Waals surface area (Å²) in [5.41, 5.74) is 6.55. The van der Waals surface area contributed by atoms with Crippen LogP contribution in [0.1, 0.15) is 87.1 Å². The van der Waals surface area contributed by atoms with E-state index in [9.17, 15) is 9.59 Å². The number of allylic oxidation sites excluding steroid dienone is 5. The minimum absolute atomic E-state index is 0.0718. The zero-order chi connectivity index (χ0) is 29.6. The quantitative estimate of drug-likeness (QED) is 0.126. The lowest BCUT2D eigenvalue weighted by Crippen LogP contribution is -2.24. The average Bonchev–Trinajstić information content (AvgIpc) is 3.35. The largest absolute Gasteiger partial charge is 0.457 e. The number of aromatic amines is 1. The maximum Gasteiger partial charge on any atom is 0.338 e. The Morgan fingerprint density at radius 1 is 1.10 bits per heavy atom. The Bertz CT molecular complexity index is 1550. The molecule has 2 aromatic heterocycles. The Morgan fingerprint density at radius 2 is 1.90 bits per heavy atom. The number of rotatable bonds is 9. The highest BCUT2D eigenvalue weighted by atomic mass is 16.5. The van der Waals surface area contributed by atoms with Crippen LogP contribution in [-0.4, -0.2) is 33.7 Å². The molecule has 0 aliphatic heterocycles. The Kier molecular flexibility index (Phi) is 9.38. The van der Waals surface area contributed by atoms with E-state index in [1.165, 1.54) is 17.9 Å². The van der Waals surface area contributed by atoms with Crippen molar-refractivity contribution >= 4 is 28.4 Å². The minimum Gasteiger partial charge on any atom is -0.457 e. The van der Waals surface area contributed by atoms with Gasteiger partial charge < -0.3 is 14.5 Å². The van der Waals surface area contributed by atoms with Gasteiger partial charge in [0, 0.05) is 29.3 Å². The number of H-pyrrole nitrogens is 1. The third kappa shape index (κ3) is 7.48. The fourth-order valence-corrected chi connectivity index (χ4v) is 5.22. The first-order valence-electron chi connectivity index (χ1n) is 14.0. The molecule has 2 atom stereocenters. The number of aryl methyl sites for hydroxylation is 1. The van der Waals surface area contributed by atoms with Crippen LogP contribution in [0, 0.1) is 12.3 Å². The van der Waals surface area contributed by atoms with Gasteiger partial charge in [0.25, 0.3) is 0 Å². The lowest BCUT2D eigenvalue weighted by molar-refractivity contribution is -0.132. The second-order valence-electron chi connectivity index (χ2n) is 11.5. The van der Waals surface area contributed by atoms with Crippen LogP contribution >= 0.6 is 0 Å². The molecule has 7 nitrogen and oxygen atoms in total. The zero-order valence-electron chi connectivity index (χ0n) is 24.8. The molecule has 0 fully saturated rings. The highest BCUT2D eigenvalue weighted by Gasteiger charge is 2.37. The summed E-state index contributed by atoms with van der Waals surface area (Å²) in [5, 5.41) is 9.95. The fourth-order valence-electron chi connectivity index (χ4n) is 5.22. The second kappa shape index (κ2) is 12.9. The maximum atomic E-state index is 13.0. The van der Waals surface area contributed by atoms with Gasteiger partial charge in [0.1, 0.15) is 6.61 Å². The number of esters is 2. The normalized spacial score (nSPS) is 18.3. The first kappa shape index (κ1) is 29.7. The van der Waals surface area contributed by atoms with Crippen LogP contribution in [-0.2, 0) is 14.3 Å². The van der Waals surface area contributed by atoms with Crippen LogP contribution in [0.15, 0.2) is 78.2 Å². The molecule has 0 spiro atoms. The number of hydrogen-bond donors (Lipinski definition) is 1. The van der Waals surface area contributed by atoms with E-state index in [1.807, 2.05) is 51.2 Å². The van der Waals surface area contributed by atoms with Crippen molar-refractivity contribution in [1.82, 2.24) is 15.2 Å². The summed E-state index contributed by atoms with van der Waals surface area (Å²) in [7, 11) is 0. The molecule has 0 unspecified atom stereocenters. The number of hydrogen-bond acceptors (Lipinski definition) is 6. The SMILES string of the molecule is CC(C)=CCC[C@@]1(C)CC=C(COC(=O)c2ccc3cc[nH]c3c2)c2nnc(C)cc2[C@@H]1/C=C/OC(=O)C=C(C)C. The van der Waals surface area contributed by atoms with Crippen molar-refractivity contribution in [2.75, 3.05) is 6.61 Å². The Balaban J connectivity index is 1.65. The smallest absolute Gasteiger partial charge is 0.338 e. The van der Waals surface area contributed by atoms with Crippen LogP contribution in [0.25, 0.3) is 16.5 Å². The van der Waals surface area contributed by atoms with Gasteiger partial charge in [-0.2, -0.15) is 10.2 Å². The molecule has 2 heterocycles. The molecule has 0 radical (unpaired) electrons. The summed E-state index contributed by atoms with van der Waals surface area (Å²) in [4.78, 5) is 28.4. The zero-order valence-corrected chi connectivity index (χ0v) is 24.8. The van der Waals surface area contributed by atoms with E-state index in [-0.39, 0.29) is 17.9 Å². The van der Waals surface area contributed by atoms with E-state index in [1.54, 1.807) is 12.1 Å². The summed E-state index contributed by atoms with van der Waals surface area (Å²) in [6, 6.07) is 9.47. The number of carbonyl (C=O) groups is 2. The minimum atomic E-state index is -0.409. The summed E-state index contributed by atoms with van der Waals surface area (Å²) in [5.74, 6) is -0.924. The van der Waals surface area contributed by atoms with E-state index in [4.69, 9.17) is 9.47 Å². The summed E-state index contributed by atoms with van der Waals surface area (Å²) in [6.07, 6.45) is 13.7. The average molecular weight is 554 g/mol. The molecule has 0 bridgehead atoms. The van der Waals surface area contributed by atoms with Gasteiger partial charge in [-0.25, -0.2) is 9.59 Å². The van der Waals surface area contributed by atoms with Crippen molar-refractivity contribution < 1.29 is 19.1 Å². The van der Waals surface area contributed by atoms with E-state index in [2.05, 4.69) is 48.1 Å². The molecule has 0 saturated carbocycles. The lowest BCUT2D eigenvalue weighted by atomic mass is 9.69. The van der Waals surface area contributed by atoms with Gasteiger partial charge in [-0.05, 0) is 101 Å². The molecule has 41 heavy (non-hydrogen) atoms. The number of aromatic nitrogens is 3. The molecule has 1 N–H and O–H groups in total. The van der Waals surface area contributed by atoms with Crippen molar-refractivity contribution in [1.29, 1.82) is 0 Å². The number of nitrogens with zero attached hydrogens (tertiary/aromatic N) is 2. The van der Waals surface area contributed by atoms with Gasteiger partial charge in [-0.1, -0.05) is 36.3 Å². The van der Waals surface area contributed by atoms with Crippen molar-refractivity contribution in [3.05, 3.63) is 101 Å². The number of benzene rings is 1. The monoisotopic (exact) mass is 553 g/mol. The standard InChI is InChI=1S/C34H39N3O4/c1-22(2)8-7-14-34(6)15-11-27(21-41-33(39)26-10-9-25-12-16-35-30(25)20-26)32-28(19-24(5)36-37-32)29(34)13-17-40-31(38)18-23(3)4/h8-13,16-20,29,35H,7,14-15,21H2,1-6H3/b17-13+/t29-,34-/m0/s1. The van der Waals surface area contributed by atoms with Crippen LogP contribution in [0.2, 0.25) is 0 Å². The molecule has 3 aromatic rings. The first-order chi connectivity index (χ1) is 19.6. The van der Waals surface area contributed by atoms with Gasteiger partial charge in [0.15, 0.2) is 0 Å². The fraction of sp³-hybridized carbons (Fsp3) is 0.353. The summed E-state index contributed by atoms with van der Waals surface area (Å²) < 4.78 is 11.2. The number of carbonyl (C=O) groups excluding carboxylic acids is 2. The Labute approximate surface area is 242 Å². The number of nitrogens with one attached hydrogen (secondary N) is 1. The van der Waals surface area contributed by atoms with Crippen LogP contribution < -0.4 is 0 Å². The topological polar surface area (TPSA) is 94.2 Å². The predicted octanol–water partition coefficient (Wildman–Crippen LogP) is 7.77. The molecule has 1 aliphatic carbocycles. The summed E-state index contributed by atoms with van der Waals surface area (Å²) >= 11 is 0. The third-order valence-corrected chi connectivity index (χ3v) is 7.43. The maximum absolute atomic E-state index is 13.0. The van der Waals surface area contributed by atoms with Gasteiger partial charge in [-0.15, -0.1) is 0 Å². The molecular formula is C34H39N3O4. The lowest BCUT2D eigenvalue weighted by Gasteiger charge is -2.35. The Morgan fingerprint density at radius 3 is 2.66 bits per heavy atom. The molecule has 0 saturated heterocycles. The highest BCUT2D eigenvalue weighted by molar-refractivity contribution is 5.94. The van der Waals surface area contributed by atoms with Crippen LogP contribution in [0.3, 0.4) is 0 Å². The highest BCUT2D eigenvalue weighted by Crippen LogP contribution is 2.48. The molecule has 1 aliphatic rings. The molecule has 0 amide bonds. The van der Waals surface area contributed by atoms with Crippen molar-refractivity contribution in [2.24, 2.45) is 5.41 Å². The first-order valence-corrected chi connectivity index (χ1v) is 14.0. The number of fused-ring (bicyclic) bond motifs is 2. The predicted molar refractivity (Wildman–Crippen MR) is 162 cm³/mol. The van der Waals surface area contributed by atoms with E-state index in [0.717, 1.165) is 52.6 Å². The third-order valence-electron chi connectivity index (χ3n) is 7.43. The van der Waals surface area contributed by atoms with Crippen LogP contribution in [0.5, 0.6) is 0 Å². The van der Waals surface area contributed by atoms with Crippen molar-refractivity contribution in [3.63, 3.8) is 0 Å². The summed E-state index contributed by atoms with van der Waals surface area (Å²) in [6.45, 7) is 12.1. The van der Waals surface area contributed by atoms with Gasteiger partial charge >= 0.3 is 11.9 Å². The molecular weight excluding hydrogens is 514 g/mol. The molecule has 7 heteroatoms. The van der Waals surface area contributed by atoms with Crippen molar-refractivity contribution in [3.8, 4) is 0 Å². The van der Waals surface area contributed by atoms with Gasteiger partial charge in [0.2, 0.25) is 0 Å². The number of ether oxygens (including phenoxy) is 2. The van der Waals surface area contributed by atoms with E-state index >= 15 is 0 Å². The molecule has 214 valence electrons. The molecule has 1 aromatic carbocycles. The van der Waals surface area contributed by atoms with E-state index < -0.39 is 11.9 Å². The molecule has 4 rings (SSSR count). The second-order valence-corrected chi connectivity index (χ2v) is 11.5. The Hall–Kier alpha value is -4.26. The van der Waals surface area contributed by atoms with Gasteiger partial charge in [0.05, 0.1) is 23.2 Å². The van der Waals surface area contributed by atoms with E-state index in [0.29, 0.717) is 11.3 Å². The van der Waals surface area contributed by atoms with Crippen LogP contribution in [0.4, 0.5) is 0 Å².